The second-order valence-electron chi connectivity index (χ2n) is 4.08. The molecule has 1 rings (SSSR count). The topological polar surface area (TPSA) is 55.1 Å². The van der Waals surface area contributed by atoms with Crippen molar-refractivity contribution in [3.63, 3.8) is 0 Å². The van der Waals surface area contributed by atoms with Gasteiger partial charge in [-0.05, 0) is 24.8 Å². The van der Waals surface area contributed by atoms with Crippen molar-refractivity contribution in [2.75, 3.05) is 11.1 Å². The fourth-order valence-electron chi connectivity index (χ4n) is 1.23. The molecule has 19 heavy (non-hydrogen) atoms. The van der Waals surface area contributed by atoms with Gasteiger partial charge in [0.1, 0.15) is 0 Å². The number of anilines is 1. The molecule has 3 N–H and O–H groups in total. The van der Waals surface area contributed by atoms with E-state index in [-0.39, 0.29) is 0 Å². The highest BCUT2D eigenvalue weighted by Gasteiger charge is 2.54. The summed E-state index contributed by atoms with van der Waals surface area (Å²) in [5.41, 5.74) is 2.48. The van der Waals surface area contributed by atoms with Crippen LogP contribution in [0.15, 0.2) is 29.2 Å². The Kier molecular flexibility index (Phi) is 4.86. The van der Waals surface area contributed by atoms with Gasteiger partial charge in [-0.3, -0.25) is 4.79 Å². The lowest BCUT2D eigenvalue weighted by atomic mass is 10.0. The zero-order chi connectivity index (χ0) is 14.7. The summed E-state index contributed by atoms with van der Waals surface area (Å²) in [6, 6.07) is 6.66. The van der Waals surface area contributed by atoms with Crippen LogP contribution in [0, 0.1) is 0 Å². The number of carbonyl (C=O) groups excluding carboxylic acids is 1. The third-order valence-corrected chi connectivity index (χ3v) is 3.45. The van der Waals surface area contributed by atoms with Gasteiger partial charge in [-0.25, -0.2) is 0 Å². The fraction of sp³-hybridized carbons (Fsp3) is 0.417. The molecule has 1 aromatic carbocycles. The van der Waals surface area contributed by atoms with E-state index in [0.29, 0.717) is 17.5 Å². The Morgan fingerprint density at radius 1 is 1.37 bits per heavy atom. The monoisotopic (exact) mass is 292 g/mol. The average Bonchev–Trinajstić information content (AvgIpc) is 2.30. The van der Waals surface area contributed by atoms with Gasteiger partial charge in [0.05, 0.1) is 5.69 Å². The van der Waals surface area contributed by atoms with Crippen LogP contribution < -0.4 is 11.1 Å². The SMILES string of the molecule is CCSc1ccccc1NC(=O)C(C)(N)C(F)(F)F. The Morgan fingerprint density at radius 2 is 1.95 bits per heavy atom. The summed E-state index contributed by atoms with van der Waals surface area (Å²) in [5, 5.41) is 2.24. The molecule has 7 heteroatoms. The molecular formula is C12H15F3N2OS. The van der Waals surface area contributed by atoms with Crippen molar-refractivity contribution < 1.29 is 18.0 Å². The van der Waals surface area contributed by atoms with Crippen molar-refractivity contribution in [1.29, 1.82) is 0 Å². The minimum absolute atomic E-state index is 0.334. The van der Waals surface area contributed by atoms with Crippen molar-refractivity contribution in [2.45, 2.75) is 30.5 Å². The van der Waals surface area contributed by atoms with Crippen LogP contribution in [0.3, 0.4) is 0 Å². The van der Waals surface area contributed by atoms with Crippen molar-refractivity contribution in [1.82, 2.24) is 0 Å². The van der Waals surface area contributed by atoms with E-state index in [0.717, 1.165) is 5.75 Å². The smallest absolute Gasteiger partial charge is 0.323 e. The number of thioether (sulfide) groups is 1. The molecule has 0 aliphatic carbocycles. The predicted octanol–water partition coefficient (Wildman–Crippen LogP) is 3.02. The van der Waals surface area contributed by atoms with E-state index >= 15 is 0 Å². The molecule has 0 radical (unpaired) electrons. The van der Waals surface area contributed by atoms with Crippen LogP contribution in [0.4, 0.5) is 18.9 Å². The molecular weight excluding hydrogens is 277 g/mol. The highest BCUT2D eigenvalue weighted by atomic mass is 32.2. The zero-order valence-electron chi connectivity index (χ0n) is 10.5. The van der Waals surface area contributed by atoms with Crippen LogP contribution in [0.5, 0.6) is 0 Å². The zero-order valence-corrected chi connectivity index (χ0v) is 11.4. The number of nitrogens with one attached hydrogen (secondary N) is 1. The molecule has 0 saturated heterocycles. The molecule has 1 atom stereocenters. The first-order valence-corrected chi connectivity index (χ1v) is 6.57. The minimum atomic E-state index is -4.80. The molecule has 0 heterocycles. The lowest BCUT2D eigenvalue weighted by molar-refractivity contribution is -0.184. The van der Waals surface area contributed by atoms with Crippen molar-refractivity contribution in [2.24, 2.45) is 5.73 Å². The van der Waals surface area contributed by atoms with E-state index in [4.69, 9.17) is 5.73 Å². The van der Waals surface area contributed by atoms with Crippen LogP contribution >= 0.6 is 11.8 Å². The average molecular weight is 292 g/mol. The predicted molar refractivity (Wildman–Crippen MR) is 70.1 cm³/mol. The molecule has 3 nitrogen and oxygen atoms in total. The molecule has 0 aliphatic heterocycles. The maximum Gasteiger partial charge on any atom is 0.415 e. The second kappa shape index (κ2) is 5.83. The van der Waals surface area contributed by atoms with E-state index in [9.17, 15) is 18.0 Å². The Labute approximate surface area is 113 Å². The lowest BCUT2D eigenvalue weighted by Gasteiger charge is -2.26. The molecule has 0 saturated carbocycles. The number of nitrogens with two attached hydrogens (primary N) is 1. The van der Waals surface area contributed by atoms with Gasteiger partial charge in [0, 0.05) is 4.90 Å². The quantitative estimate of drug-likeness (QED) is 0.839. The lowest BCUT2D eigenvalue weighted by Crippen LogP contribution is -2.59. The first-order chi connectivity index (χ1) is 8.70. The number of rotatable bonds is 4. The number of hydrogen-bond acceptors (Lipinski definition) is 3. The van der Waals surface area contributed by atoms with Crippen LogP contribution in [-0.4, -0.2) is 23.4 Å². The Hall–Kier alpha value is -1.21. The second-order valence-corrected chi connectivity index (χ2v) is 5.39. The van der Waals surface area contributed by atoms with Gasteiger partial charge in [0.15, 0.2) is 5.54 Å². The van der Waals surface area contributed by atoms with Crippen LogP contribution in [0.2, 0.25) is 0 Å². The Balaban J connectivity index is 2.94. The van der Waals surface area contributed by atoms with Crippen LogP contribution in [0.1, 0.15) is 13.8 Å². The fourth-order valence-corrected chi connectivity index (χ4v) is 1.99. The summed E-state index contributed by atoms with van der Waals surface area (Å²) in [5.74, 6) is -0.532. The van der Waals surface area contributed by atoms with Crippen molar-refractivity contribution >= 4 is 23.4 Å². The number of halogens is 3. The van der Waals surface area contributed by atoms with Gasteiger partial charge < -0.3 is 11.1 Å². The molecule has 0 bridgehead atoms. The van der Waals surface area contributed by atoms with E-state index < -0.39 is 17.6 Å². The van der Waals surface area contributed by atoms with Gasteiger partial charge in [0.2, 0.25) is 0 Å². The van der Waals surface area contributed by atoms with Gasteiger partial charge in [-0.1, -0.05) is 19.1 Å². The highest BCUT2D eigenvalue weighted by Crippen LogP contribution is 2.31. The summed E-state index contributed by atoms with van der Waals surface area (Å²) in [7, 11) is 0. The Bertz CT molecular complexity index is 461. The van der Waals surface area contributed by atoms with Crippen molar-refractivity contribution in [3.05, 3.63) is 24.3 Å². The standard InChI is InChI=1S/C12H15F3N2OS/c1-3-19-9-7-5-4-6-8(9)17-10(18)11(2,16)12(13,14)15/h4-7H,3,16H2,1-2H3,(H,17,18). The normalized spacial score (nSPS) is 14.8. The third-order valence-electron chi connectivity index (χ3n) is 2.50. The maximum atomic E-state index is 12.6. The molecule has 0 aromatic heterocycles. The van der Waals surface area contributed by atoms with Gasteiger partial charge in [-0.2, -0.15) is 13.2 Å². The number of carbonyl (C=O) groups is 1. The van der Waals surface area contributed by atoms with E-state index in [1.165, 1.54) is 11.8 Å². The number of hydrogen-bond donors (Lipinski definition) is 2. The summed E-state index contributed by atoms with van der Waals surface area (Å²) < 4.78 is 37.9. The molecule has 106 valence electrons. The third kappa shape index (κ3) is 3.63. The number of amides is 1. The largest absolute Gasteiger partial charge is 0.415 e. The first kappa shape index (κ1) is 15.8. The van der Waals surface area contributed by atoms with Gasteiger partial charge >= 0.3 is 6.18 Å². The summed E-state index contributed by atoms with van der Waals surface area (Å²) in [4.78, 5) is 12.4. The van der Waals surface area contributed by atoms with Gasteiger partial charge in [0.25, 0.3) is 5.91 Å². The summed E-state index contributed by atoms with van der Waals surface area (Å²) in [6.45, 7) is 2.56. The first-order valence-electron chi connectivity index (χ1n) is 5.59. The molecule has 1 amide bonds. The number of para-hydroxylation sites is 1. The number of benzene rings is 1. The van der Waals surface area contributed by atoms with Crippen LogP contribution in [-0.2, 0) is 4.79 Å². The number of alkyl halides is 3. The molecule has 0 fully saturated rings. The van der Waals surface area contributed by atoms with E-state index in [2.05, 4.69) is 5.32 Å². The highest BCUT2D eigenvalue weighted by molar-refractivity contribution is 7.99. The minimum Gasteiger partial charge on any atom is -0.323 e. The molecule has 0 spiro atoms. The van der Waals surface area contributed by atoms with Crippen molar-refractivity contribution in [3.8, 4) is 0 Å². The van der Waals surface area contributed by atoms with E-state index in [1.807, 2.05) is 6.92 Å². The molecule has 1 unspecified atom stereocenters. The van der Waals surface area contributed by atoms with Gasteiger partial charge in [-0.15, -0.1) is 11.8 Å². The summed E-state index contributed by atoms with van der Waals surface area (Å²) in [6.07, 6.45) is -4.80. The van der Waals surface area contributed by atoms with Crippen LogP contribution in [0.25, 0.3) is 0 Å². The Morgan fingerprint density at radius 3 is 2.47 bits per heavy atom. The van der Waals surface area contributed by atoms with E-state index in [1.54, 1.807) is 24.3 Å². The molecule has 0 aliphatic rings. The summed E-state index contributed by atoms with van der Waals surface area (Å²) >= 11 is 1.43. The molecule has 1 aromatic rings. The maximum absolute atomic E-state index is 12.6.